The number of hydrogen-bond donors (Lipinski definition) is 1. The summed E-state index contributed by atoms with van der Waals surface area (Å²) in [5.74, 6) is 0. The lowest BCUT2D eigenvalue weighted by Gasteiger charge is -2.26. The third-order valence-electron chi connectivity index (χ3n) is 1.86. The van der Waals surface area contributed by atoms with Crippen LogP contribution in [0.1, 0.15) is 20.8 Å². The van der Waals surface area contributed by atoms with Gasteiger partial charge in [0.25, 0.3) is 0 Å². The zero-order chi connectivity index (χ0) is 11.5. The number of amides is 1. The van der Waals surface area contributed by atoms with Gasteiger partial charge in [-0.25, -0.2) is 4.79 Å². The lowest BCUT2D eigenvalue weighted by atomic mass is 10.2. The molecule has 0 radical (unpaired) electrons. The molecule has 1 amide bonds. The maximum atomic E-state index is 11.7. The van der Waals surface area contributed by atoms with Gasteiger partial charge >= 0.3 is 6.09 Å². The van der Waals surface area contributed by atoms with Crippen molar-refractivity contribution in [1.29, 1.82) is 0 Å². The van der Waals surface area contributed by atoms with Gasteiger partial charge in [0.2, 0.25) is 0 Å². The average molecular weight is 210 g/mol. The Kier molecular flexibility index (Phi) is 3.52. The molecule has 0 aromatic heterocycles. The summed E-state index contributed by atoms with van der Waals surface area (Å²) in [5, 5.41) is 0. The van der Waals surface area contributed by atoms with Crippen molar-refractivity contribution in [3.63, 3.8) is 0 Å². The van der Waals surface area contributed by atoms with Crippen LogP contribution in [-0.4, -0.2) is 29.7 Å². The predicted molar refractivity (Wildman–Crippen MR) is 59.2 cm³/mol. The van der Waals surface area contributed by atoms with Crippen molar-refractivity contribution in [3.8, 4) is 0 Å². The van der Waals surface area contributed by atoms with E-state index >= 15 is 0 Å². The normalized spacial score (nSPS) is 16.3. The van der Waals surface area contributed by atoms with Crippen molar-refractivity contribution in [2.45, 2.75) is 26.4 Å². The number of carbonyl (C=O) groups is 1. The van der Waals surface area contributed by atoms with E-state index in [2.05, 4.69) is 0 Å². The lowest BCUT2D eigenvalue weighted by Crippen LogP contribution is -2.36. The first-order chi connectivity index (χ1) is 6.92. The van der Waals surface area contributed by atoms with Crippen LogP contribution in [-0.2, 0) is 4.74 Å². The molecule has 0 aromatic carbocycles. The zero-order valence-corrected chi connectivity index (χ0v) is 9.49. The van der Waals surface area contributed by atoms with Crippen molar-refractivity contribution in [3.05, 3.63) is 23.9 Å². The molecule has 0 atom stereocenters. The molecular weight excluding hydrogens is 192 g/mol. The summed E-state index contributed by atoms with van der Waals surface area (Å²) >= 11 is 0. The highest BCUT2D eigenvalue weighted by molar-refractivity contribution is 5.70. The summed E-state index contributed by atoms with van der Waals surface area (Å²) in [6.45, 7) is 6.51. The van der Waals surface area contributed by atoms with Gasteiger partial charge in [-0.15, -0.1) is 0 Å². The van der Waals surface area contributed by atoms with E-state index in [4.69, 9.17) is 10.5 Å². The third-order valence-corrected chi connectivity index (χ3v) is 1.86. The monoisotopic (exact) mass is 210 g/mol. The van der Waals surface area contributed by atoms with E-state index in [1.54, 1.807) is 12.3 Å². The molecule has 0 bridgehead atoms. The first kappa shape index (κ1) is 11.8. The predicted octanol–water partition coefficient (Wildman–Crippen LogP) is 1.64. The first-order valence-electron chi connectivity index (χ1n) is 4.98. The molecule has 1 aliphatic rings. The molecule has 0 aromatic rings. The maximum absolute atomic E-state index is 11.7. The van der Waals surface area contributed by atoms with Gasteiger partial charge in [0.1, 0.15) is 5.60 Å². The van der Waals surface area contributed by atoms with E-state index in [1.165, 1.54) is 4.90 Å². The number of allylic oxidation sites excluding steroid dienone is 2. The highest BCUT2D eigenvalue weighted by Crippen LogP contribution is 2.13. The van der Waals surface area contributed by atoms with Gasteiger partial charge in [-0.1, -0.05) is 6.08 Å². The SMILES string of the molecule is CC(C)(C)OC(=O)N1C=CC=C(CN)C1. The largest absolute Gasteiger partial charge is 0.443 e. The molecule has 84 valence electrons. The van der Waals surface area contributed by atoms with Gasteiger partial charge < -0.3 is 10.5 Å². The van der Waals surface area contributed by atoms with Crippen LogP contribution in [0.2, 0.25) is 0 Å². The number of hydrogen-bond acceptors (Lipinski definition) is 3. The highest BCUT2D eigenvalue weighted by atomic mass is 16.6. The fourth-order valence-electron chi connectivity index (χ4n) is 1.19. The van der Waals surface area contributed by atoms with E-state index < -0.39 is 5.60 Å². The number of nitrogens with zero attached hydrogens (tertiary/aromatic N) is 1. The Morgan fingerprint density at radius 2 is 2.27 bits per heavy atom. The van der Waals surface area contributed by atoms with Gasteiger partial charge in [-0.05, 0) is 32.4 Å². The van der Waals surface area contributed by atoms with Crippen molar-refractivity contribution in [2.24, 2.45) is 5.73 Å². The van der Waals surface area contributed by atoms with Crippen LogP contribution in [0.5, 0.6) is 0 Å². The summed E-state index contributed by atoms with van der Waals surface area (Å²) in [4.78, 5) is 13.2. The molecule has 15 heavy (non-hydrogen) atoms. The van der Waals surface area contributed by atoms with E-state index in [9.17, 15) is 4.79 Å². The second-order valence-corrected chi connectivity index (χ2v) is 4.48. The van der Waals surface area contributed by atoms with E-state index in [0.29, 0.717) is 13.1 Å². The molecule has 1 aliphatic heterocycles. The zero-order valence-electron chi connectivity index (χ0n) is 9.49. The Morgan fingerprint density at radius 3 is 2.80 bits per heavy atom. The second-order valence-electron chi connectivity index (χ2n) is 4.48. The minimum atomic E-state index is -0.463. The molecule has 0 spiro atoms. The summed E-state index contributed by atoms with van der Waals surface area (Å²) < 4.78 is 5.24. The van der Waals surface area contributed by atoms with Crippen molar-refractivity contribution < 1.29 is 9.53 Å². The van der Waals surface area contributed by atoms with Crippen molar-refractivity contribution >= 4 is 6.09 Å². The lowest BCUT2D eigenvalue weighted by molar-refractivity contribution is 0.0346. The number of ether oxygens (including phenoxy) is 1. The number of carbonyl (C=O) groups excluding carboxylic acids is 1. The molecule has 0 fully saturated rings. The van der Waals surface area contributed by atoms with E-state index in [1.807, 2.05) is 26.8 Å². The van der Waals surface area contributed by atoms with Crippen LogP contribution in [0.25, 0.3) is 0 Å². The van der Waals surface area contributed by atoms with Crippen LogP contribution in [0, 0.1) is 0 Å². The fraction of sp³-hybridized carbons (Fsp3) is 0.545. The van der Waals surface area contributed by atoms with Crippen LogP contribution in [0.15, 0.2) is 23.9 Å². The molecule has 0 saturated heterocycles. The topological polar surface area (TPSA) is 55.6 Å². The second kappa shape index (κ2) is 4.49. The maximum Gasteiger partial charge on any atom is 0.414 e. The van der Waals surface area contributed by atoms with E-state index in [-0.39, 0.29) is 6.09 Å². The quantitative estimate of drug-likeness (QED) is 0.715. The molecule has 4 heteroatoms. The first-order valence-corrected chi connectivity index (χ1v) is 4.98. The summed E-state index contributed by atoms with van der Waals surface area (Å²) in [5.41, 5.74) is 6.07. The van der Waals surface area contributed by atoms with Gasteiger partial charge in [0.05, 0.1) is 6.54 Å². The Morgan fingerprint density at radius 1 is 1.60 bits per heavy atom. The van der Waals surface area contributed by atoms with E-state index in [0.717, 1.165) is 5.57 Å². The fourth-order valence-corrected chi connectivity index (χ4v) is 1.19. The van der Waals surface area contributed by atoms with Crippen molar-refractivity contribution in [2.75, 3.05) is 13.1 Å². The summed E-state index contributed by atoms with van der Waals surface area (Å²) in [6, 6.07) is 0. The molecule has 4 nitrogen and oxygen atoms in total. The van der Waals surface area contributed by atoms with Gasteiger partial charge in [0, 0.05) is 12.7 Å². The third kappa shape index (κ3) is 3.75. The average Bonchev–Trinajstić information content (AvgIpc) is 2.15. The van der Waals surface area contributed by atoms with Gasteiger partial charge in [-0.3, -0.25) is 4.90 Å². The molecule has 1 rings (SSSR count). The number of rotatable bonds is 1. The minimum absolute atomic E-state index is 0.335. The van der Waals surface area contributed by atoms with Crippen LogP contribution >= 0.6 is 0 Å². The highest BCUT2D eigenvalue weighted by Gasteiger charge is 2.21. The van der Waals surface area contributed by atoms with Gasteiger partial charge in [0.15, 0.2) is 0 Å². The summed E-state index contributed by atoms with van der Waals surface area (Å²) in [6.07, 6.45) is 5.08. The van der Waals surface area contributed by atoms with Crippen LogP contribution < -0.4 is 5.73 Å². The molecule has 0 saturated carbocycles. The Labute approximate surface area is 90.4 Å². The molecule has 0 aliphatic carbocycles. The molecule has 1 heterocycles. The molecule has 0 unspecified atom stereocenters. The number of nitrogens with two attached hydrogens (primary N) is 1. The smallest absolute Gasteiger partial charge is 0.414 e. The standard InChI is InChI=1S/C11H18N2O2/c1-11(2,3)15-10(14)13-6-4-5-9(7-12)8-13/h4-6H,7-8,12H2,1-3H3. The Bertz CT molecular complexity index is 300. The molecule has 2 N–H and O–H groups in total. The molecular formula is C11H18N2O2. The Hall–Kier alpha value is -1.29. The van der Waals surface area contributed by atoms with Gasteiger partial charge in [-0.2, -0.15) is 0 Å². The Balaban J connectivity index is 2.57. The minimum Gasteiger partial charge on any atom is -0.443 e. The summed E-state index contributed by atoms with van der Waals surface area (Å²) in [7, 11) is 0. The van der Waals surface area contributed by atoms with Crippen LogP contribution in [0.4, 0.5) is 4.79 Å². The van der Waals surface area contributed by atoms with Crippen LogP contribution in [0.3, 0.4) is 0 Å². The van der Waals surface area contributed by atoms with Crippen molar-refractivity contribution in [1.82, 2.24) is 4.90 Å².